The fourth-order valence-corrected chi connectivity index (χ4v) is 5.13. The Labute approximate surface area is 268 Å². The number of nitrogens with one attached hydrogen (secondary N) is 2. The standard InChI is InChI=1S/C37H50N2O6/c1-3-4-5-6-7-8-9-16-25-44-36(43)39-37(2,35(42)38-33(27-40)34(41)31-19-14-11-15-20-31)26-29-21-23-32(24-22-29)45-28-30-17-12-10-13-18-30/h10-15,17-24,33-34,40-41H,3-9,16,25-28H2,1-2H3,(H,38,42)(H,39,43). The Morgan fingerprint density at radius 1 is 0.800 bits per heavy atom. The van der Waals surface area contributed by atoms with Crippen LogP contribution in [0.5, 0.6) is 5.75 Å². The summed E-state index contributed by atoms with van der Waals surface area (Å²) in [6, 6.07) is 25.0. The van der Waals surface area contributed by atoms with Crippen molar-refractivity contribution in [2.45, 2.75) is 95.9 Å². The van der Waals surface area contributed by atoms with E-state index in [2.05, 4.69) is 17.6 Å². The minimum absolute atomic E-state index is 0.143. The summed E-state index contributed by atoms with van der Waals surface area (Å²) >= 11 is 0. The molecule has 0 aliphatic rings. The molecule has 3 atom stereocenters. The lowest BCUT2D eigenvalue weighted by molar-refractivity contribution is -0.129. The number of rotatable bonds is 20. The summed E-state index contributed by atoms with van der Waals surface area (Å²) in [6.45, 7) is 4.02. The average molecular weight is 619 g/mol. The van der Waals surface area contributed by atoms with Gasteiger partial charge in [0.25, 0.3) is 0 Å². The average Bonchev–Trinajstić information content (AvgIpc) is 3.06. The molecule has 45 heavy (non-hydrogen) atoms. The van der Waals surface area contributed by atoms with E-state index in [0.29, 0.717) is 17.9 Å². The summed E-state index contributed by atoms with van der Waals surface area (Å²) in [4.78, 5) is 26.6. The van der Waals surface area contributed by atoms with Gasteiger partial charge < -0.3 is 30.3 Å². The van der Waals surface area contributed by atoms with Crippen molar-refractivity contribution in [3.8, 4) is 5.75 Å². The van der Waals surface area contributed by atoms with Crippen LogP contribution in [0.1, 0.15) is 88.0 Å². The fraction of sp³-hybridized carbons (Fsp3) is 0.459. The van der Waals surface area contributed by atoms with Crippen molar-refractivity contribution in [1.82, 2.24) is 10.6 Å². The molecule has 0 fully saturated rings. The molecule has 0 spiro atoms. The second-order valence-corrected chi connectivity index (χ2v) is 11.8. The van der Waals surface area contributed by atoms with Gasteiger partial charge in [-0.05, 0) is 42.2 Å². The number of aliphatic hydroxyl groups excluding tert-OH is 2. The van der Waals surface area contributed by atoms with Crippen LogP contribution in [0.3, 0.4) is 0 Å². The largest absolute Gasteiger partial charge is 0.489 e. The number of carbonyl (C=O) groups excluding carboxylic acids is 2. The Bertz CT molecular complexity index is 1250. The van der Waals surface area contributed by atoms with Gasteiger partial charge >= 0.3 is 6.09 Å². The lowest BCUT2D eigenvalue weighted by atomic mass is 9.91. The van der Waals surface area contributed by atoms with E-state index in [1.54, 1.807) is 31.2 Å². The van der Waals surface area contributed by atoms with Crippen molar-refractivity contribution in [3.63, 3.8) is 0 Å². The zero-order valence-electron chi connectivity index (χ0n) is 26.8. The Hall–Kier alpha value is -3.88. The predicted octanol–water partition coefficient (Wildman–Crippen LogP) is 6.64. The third kappa shape index (κ3) is 12.6. The van der Waals surface area contributed by atoms with E-state index >= 15 is 0 Å². The topological polar surface area (TPSA) is 117 Å². The van der Waals surface area contributed by atoms with E-state index in [4.69, 9.17) is 9.47 Å². The predicted molar refractivity (Wildman–Crippen MR) is 177 cm³/mol. The molecule has 3 aromatic rings. The van der Waals surface area contributed by atoms with Gasteiger partial charge in [-0.1, -0.05) is 125 Å². The molecule has 3 unspecified atom stereocenters. The number of carbonyl (C=O) groups is 2. The van der Waals surface area contributed by atoms with Crippen molar-refractivity contribution in [1.29, 1.82) is 0 Å². The highest BCUT2D eigenvalue weighted by molar-refractivity contribution is 5.90. The number of unbranched alkanes of at least 4 members (excludes halogenated alkanes) is 7. The van der Waals surface area contributed by atoms with Crippen LogP contribution in [0.25, 0.3) is 0 Å². The van der Waals surface area contributed by atoms with Gasteiger partial charge in [0.2, 0.25) is 5.91 Å². The summed E-state index contributed by atoms with van der Waals surface area (Å²) in [5, 5.41) is 26.5. The van der Waals surface area contributed by atoms with Gasteiger partial charge in [-0.2, -0.15) is 0 Å². The number of alkyl carbamates (subject to hydrolysis) is 1. The van der Waals surface area contributed by atoms with Crippen LogP contribution in [0.2, 0.25) is 0 Å². The lowest BCUT2D eigenvalue weighted by Gasteiger charge is -2.32. The molecule has 8 heteroatoms. The molecule has 3 aromatic carbocycles. The van der Waals surface area contributed by atoms with Gasteiger partial charge in [0.05, 0.1) is 19.3 Å². The van der Waals surface area contributed by atoms with Gasteiger partial charge in [0.1, 0.15) is 24.0 Å². The van der Waals surface area contributed by atoms with Crippen molar-refractivity contribution in [3.05, 3.63) is 102 Å². The molecule has 8 nitrogen and oxygen atoms in total. The summed E-state index contributed by atoms with van der Waals surface area (Å²) in [5.41, 5.74) is 0.957. The minimum atomic E-state index is -1.44. The van der Waals surface area contributed by atoms with Gasteiger partial charge in [0.15, 0.2) is 0 Å². The molecule has 0 heterocycles. The summed E-state index contributed by atoms with van der Waals surface area (Å²) < 4.78 is 11.4. The number of benzene rings is 3. The lowest BCUT2D eigenvalue weighted by Crippen LogP contribution is -2.61. The highest BCUT2D eigenvalue weighted by Gasteiger charge is 2.38. The quantitative estimate of drug-likeness (QED) is 0.105. The van der Waals surface area contributed by atoms with Crippen molar-refractivity contribution < 1.29 is 29.3 Å². The normalized spacial score (nSPS) is 13.7. The SMILES string of the molecule is CCCCCCCCCCOC(=O)NC(C)(Cc1ccc(OCc2ccccc2)cc1)C(=O)NC(CO)C(O)c1ccccc1. The van der Waals surface area contributed by atoms with Crippen molar-refractivity contribution in [2.24, 2.45) is 0 Å². The highest BCUT2D eigenvalue weighted by Crippen LogP contribution is 2.22. The van der Waals surface area contributed by atoms with E-state index in [0.717, 1.165) is 30.4 Å². The summed E-state index contributed by atoms with van der Waals surface area (Å²) in [7, 11) is 0. The minimum Gasteiger partial charge on any atom is -0.489 e. The Morgan fingerprint density at radius 2 is 1.40 bits per heavy atom. The van der Waals surface area contributed by atoms with Crippen LogP contribution in [0.15, 0.2) is 84.9 Å². The molecule has 0 aliphatic heterocycles. The number of amides is 2. The zero-order valence-corrected chi connectivity index (χ0v) is 26.8. The summed E-state index contributed by atoms with van der Waals surface area (Å²) in [6.07, 6.45) is 7.32. The van der Waals surface area contributed by atoms with E-state index < -0.39 is 36.3 Å². The third-order valence-electron chi connectivity index (χ3n) is 7.87. The maximum atomic E-state index is 13.7. The van der Waals surface area contributed by atoms with E-state index in [1.165, 1.54) is 32.1 Å². The van der Waals surface area contributed by atoms with Crippen LogP contribution < -0.4 is 15.4 Å². The molecule has 0 saturated carbocycles. The Morgan fingerprint density at radius 3 is 2.02 bits per heavy atom. The number of aliphatic hydroxyl groups is 2. The van der Waals surface area contributed by atoms with Crippen LogP contribution in [0.4, 0.5) is 4.79 Å². The molecular weight excluding hydrogens is 568 g/mol. The maximum absolute atomic E-state index is 13.7. The molecular formula is C37H50N2O6. The molecule has 0 aliphatic carbocycles. The fourth-order valence-electron chi connectivity index (χ4n) is 5.13. The monoisotopic (exact) mass is 618 g/mol. The van der Waals surface area contributed by atoms with Crippen LogP contribution >= 0.6 is 0 Å². The Kier molecular flexibility index (Phi) is 15.4. The number of hydrogen-bond donors (Lipinski definition) is 4. The molecule has 0 bridgehead atoms. The van der Waals surface area contributed by atoms with Crippen molar-refractivity contribution in [2.75, 3.05) is 13.2 Å². The molecule has 0 aromatic heterocycles. The zero-order chi connectivity index (χ0) is 32.3. The van der Waals surface area contributed by atoms with Crippen LogP contribution in [-0.2, 0) is 22.6 Å². The van der Waals surface area contributed by atoms with E-state index in [-0.39, 0.29) is 13.0 Å². The first kappa shape index (κ1) is 35.6. The molecule has 4 N–H and O–H groups in total. The van der Waals surface area contributed by atoms with E-state index in [1.807, 2.05) is 60.7 Å². The number of ether oxygens (including phenoxy) is 2. The first-order valence-electron chi connectivity index (χ1n) is 16.2. The molecule has 3 rings (SSSR count). The van der Waals surface area contributed by atoms with Crippen molar-refractivity contribution >= 4 is 12.0 Å². The van der Waals surface area contributed by atoms with Gasteiger partial charge in [0, 0.05) is 6.42 Å². The van der Waals surface area contributed by atoms with Crippen LogP contribution in [0, 0.1) is 0 Å². The van der Waals surface area contributed by atoms with Crippen LogP contribution in [-0.4, -0.2) is 47.0 Å². The Balaban J connectivity index is 1.63. The molecule has 244 valence electrons. The second kappa shape index (κ2) is 19.5. The smallest absolute Gasteiger partial charge is 0.407 e. The second-order valence-electron chi connectivity index (χ2n) is 11.8. The first-order chi connectivity index (χ1) is 21.8. The third-order valence-corrected chi connectivity index (χ3v) is 7.87. The van der Waals surface area contributed by atoms with Gasteiger partial charge in [-0.3, -0.25) is 4.79 Å². The molecule has 0 radical (unpaired) electrons. The summed E-state index contributed by atoms with van der Waals surface area (Å²) in [5.74, 6) is 0.128. The molecule has 2 amide bonds. The maximum Gasteiger partial charge on any atom is 0.407 e. The van der Waals surface area contributed by atoms with Gasteiger partial charge in [-0.25, -0.2) is 4.79 Å². The van der Waals surface area contributed by atoms with Gasteiger partial charge in [-0.15, -0.1) is 0 Å². The molecule has 0 saturated heterocycles. The van der Waals surface area contributed by atoms with E-state index in [9.17, 15) is 19.8 Å². The first-order valence-corrected chi connectivity index (χ1v) is 16.2. The number of hydrogen-bond acceptors (Lipinski definition) is 6. The highest BCUT2D eigenvalue weighted by atomic mass is 16.5.